The summed E-state index contributed by atoms with van der Waals surface area (Å²) >= 11 is 9.07. The molecule has 1 amide bonds. The van der Waals surface area contributed by atoms with Crippen LogP contribution in [0.15, 0.2) is 16.6 Å². The summed E-state index contributed by atoms with van der Waals surface area (Å²) in [5, 5.41) is 5.89. The van der Waals surface area contributed by atoms with Gasteiger partial charge in [-0.1, -0.05) is 18.5 Å². The van der Waals surface area contributed by atoms with Crippen LogP contribution in [0.3, 0.4) is 0 Å². The lowest BCUT2D eigenvalue weighted by Crippen LogP contribution is -2.49. The number of hydrogen-bond acceptors (Lipinski definition) is 2. The van der Waals surface area contributed by atoms with E-state index in [2.05, 4.69) is 26.6 Å². The normalized spacial score (nSPS) is 11.4. The Bertz CT molecular complexity index is 442. The van der Waals surface area contributed by atoms with E-state index < -0.39 is 11.4 Å². The zero-order valence-corrected chi connectivity index (χ0v) is 12.7. The van der Waals surface area contributed by atoms with Crippen LogP contribution in [0.4, 0.5) is 10.1 Å². The van der Waals surface area contributed by atoms with Gasteiger partial charge in [0.05, 0.1) is 16.2 Å². The SMILES string of the molecule is CCNC(C)(C)C(=O)Nc1c(Cl)cc(F)cc1Br. The molecule has 3 nitrogen and oxygen atoms in total. The van der Waals surface area contributed by atoms with E-state index in [-0.39, 0.29) is 10.9 Å². The van der Waals surface area contributed by atoms with Gasteiger partial charge in [-0.05, 0) is 48.5 Å². The summed E-state index contributed by atoms with van der Waals surface area (Å²) in [5.41, 5.74) is -0.361. The van der Waals surface area contributed by atoms with E-state index in [9.17, 15) is 9.18 Å². The molecule has 0 saturated heterocycles. The van der Waals surface area contributed by atoms with Crippen molar-refractivity contribution in [2.24, 2.45) is 0 Å². The Morgan fingerprint density at radius 2 is 2.11 bits per heavy atom. The smallest absolute Gasteiger partial charge is 0.244 e. The molecule has 0 bridgehead atoms. The Balaban J connectivity index is 2.95. The fourth-order valence-electron chi connectivity index (χ4n) is 1.45. The lowest BCUT2D eigenvalue weighted by atomic mass is 10.0. The van der Waals surface area contributed by atoms with Crippen molar-refractivity contribution in [1.82, 2.24) is 5.32 Å². The average Bonchev–Trinajstić information content (AvgIpc) is 2.22. The average molecular weight is 338 g/mol. The van der Waals surface area contributed by atoms with Crippen LogP contribution in [0.25, 0.3) is 0 Å². The maximum Gasteiger partial charge on any atom is 0.244 e. The van der Waals surface area contributed by atoms with E-state index in [0.717, 1.165) is 6.07 Å². The highest BCUT2D eigenvalue weighted by Crippen LogP contribution is 2.32. The van der Waals surface area contributed by atoms with E-state index in [0.29, 0.717) is 16.7 Å². The van der Waals surface area contributed by atoms with Gasteiger partial charge in [0.2, 0.25) is 5.91 Å². The number of rotatable bonds is 4. The van der Waals surface area contributed by atoms with Crippen LogP contribution in [0.5, 0.6) is 0 Å². The molecular weight excluding hydrogens is 322 g/mol. The van der Waals surface area contributed by atoms with E-state index in [4.69, 9.17) is 11.6 Å². The molecule has 0 aliphatic carbocycles. The third kappa shape index (κ3) is 3.67. The van der Waals surface area contributed by atoms with Crippen LogP contribution in [0.2, 0.25) is 5.02 Å². The Labute approximate surface area is 119 Å². The Morgan fingerprint density at radius 3 is 2.61 bits per heavy atom. The summed E-state index contributed by atoms with van der Waals surface area (Å²) in [7, 11) is 0. The number of carbonyl (C=O) groups excluding carboxylic acids is 1. The molecule has 1 rings (SSSR count). The molecule has 0 radical (unpaired) electrons. The number of hydrogen-bond donors (Lipinski definition) is 2. The molecule has 1 aromatic carbocycles. The molecule has 18 heavy (non-hydrogen) atoms. The van der Waals surface area contributed by atoms with Crippen LogP contribution >= 0.6 is 27.5 Å². The summed E-state index contributed by atoms with van der Waals surface area (Å²) in [6.45, 7) is 6.10. The summed E-state index contributed by atoms with van der Waals surface area (Å²) < 4.78 is 13.5. The van der Waals surface area contributed by atoms with Crippen LogP contribution in [0, 0.1) is 5.82 Å². The number of halogens is 3. The van der Waals surface area contributed by atoms with Crippen molar-refractivity contribution in [3.8, 4) is 0 Å². The van der Waals surface area contributed by atoms with Gasteiger partial charge >= 0.3 is 0 Å². The number of anilines is 1. The molecule has 100 valence electrons. The second-order valence-corrected chi connectivity index (χ2v) is 5.62. The van der Waals surface area contributed by atoms with Crippen molar-refractivity contribution in [1.29, 1.82) is 0 Å². The van der Waals surface area contributed by atoms with Crippen molar-refractivity contribution in [3.05, 3.63) is 27.4 Å². The van der Waals surface area contributed by atoms with Crippen molar-refractivity contribution >= 4 is 39.1 Å². The molecule has 0 heterocycles. The molecule has 0 fully saturated rings. The number of likely N-dealkylation sites (N-methyl/N-ethyl adjacent to an activating group) is 1. The molecule has 1 aromatic rings. The fraction of sp³-hybridized carbons (Fsp3) is 0.417. The molecule has 0 spiro atoms. The standard InChI is InChI=1S/C12H15BrClFN2O/c1-4-16-12(2,3)11(18)17-10-8(13)5-7(15)6-9(10)14/h5-6,16H,4H2,1-3H3,(H,17,18). The van der Waals surface area contributed by atoms with Crippen LogP contribution < -0.4 is 10.6 Å². The molecule has 0 aliphatic rings. The first kappa shape index (κ1) is 15.4. The van der Waals surface area contributed by atoms with Gasteiger partial charge in [0.15, 0.2) is 0 Å². The maximum absolute atomic E-state index is 13.1. The first-order valence-electron chi connectivity index (χ1n) is 5.49. The third-order valence-electron chi connectivity index (χ3n) is 2.43. The topological polar surface area (TPSA) is 41.1 Å². The monoisotopic (exact) mass is 336 g/mol. The minimum Gasteiger partial charge on any atom is -0.322 e. The second kappa shape index (κ2) is 5.99. The quantitative estimate of drug-likeness (QED) is 0.882. The number of amides is 1. The van der Waals surface area contributed by atoms with Crippen molar-refractivity contribution in [3.63, 3.8) is 0 Å². The highest BCUT2D eigenvalue weighted by molar-refractivity contribution is 9.10. The second-order valence-electron chi connectivity index (χ2n) is 4.35. The van der Waals surface area contributed by atoms with Crippen molar-refractivity contribution < 1.29 is 9.18 Å². The van der Waals surface area contributed by atoms with E-state index in [1.54, 1.807) is 13.8 Å². The van der Waals surface area contributed by atoms with Crippen molar-refractivity contribution in [2.45, 2.75) is 26.3 Å². The van der Waals surface area contributed by atoms with E-state index >= 15 is 0 Å². The van der Waals surface area contributed by atoms with E-state index in [1.807, 2.05) is 6.92 Å². The van der Waals surface area contributed by atoms with Gasteiger partial charge in [-0.25, -0.2) is 4.39 Å². The van der Waals surface area contributed by atoms with Gasteiger partial charge in [0.1, 0.15) is 5.82 Å². The zero-order chi connectivity index (χ0) is 13.9. The minimum absolute atomic E-state index is 0.155. The van der Waals surface area contributed by atoms with Crippen LogP contribution in [0.1, 0.15) is 20.8 Å². The van der Waals surface area contributed by atoms with Gasteiger partial charge in [0, 0.05) is 4.47 Å². The van der Waals surface area contributed by atoms with Gasteiger partial charge in [-0.3, -0.25) is 4.79 Å². The van der Waals surface area contributed by atoms with Crippen molar-refractivity contribution in [2.75, 3.05) is 11.9 Å². The zero-order valence-electron chi connectivity index (χ0n) is 10.4. The first-order chi connectivity index (χ1) is 8.27. The first-order valence-corrected chi connectivity index (χ1v) is 6.66. The lowest BCUT2D eigenvalue weighted by molar-refractivity contribution is -0.121. The molecule has 6 heteroatoms. The summed E-state index contributed by atoms with van der Waals surface area (Å²) in [6.07, 6.45) is 0. The predicted octanol–water partition coefficient (Wildman–Crippen LogP) is 3.57. The highest BCUT2D eigenvalue weighted by Gasteiger charge is 2.27. The van der Waals surface area contributed by atoms with Gasteiger partial charge in [-0.15, -0.1) is 0 Å². The fourth-order valence-corrected chi connectivity index (χ4v) is 2.35. The number of nitrogens with one attached hydrogen (secondary N) is 2. The minimum atomic E-state index is -0.730. The van der Waals surface area contributed by atoms with Gasteiger partial charge in [0.25, 0.3) is 0 Å². The molecule has 0 atom stereocenters. The molecule has 0 aromatic heterocycles. The lowest BCUT2D eigenvalue weighted by Gasteiger charge is -2.25. The molecule has 0 saturated carbocycles. The Morgan fingerprint density at radius 1 is 1.50 bits per heavy atom. The molecular formula is C12H15BrClFN2O. The molecule has 2 N–H and O–H groups in total. The number of benzene rings is 1. The third-order valence-corrected chi connectivity index (χ3v) is 3.36. The summed E-state index contributed by atoms with van der Waals surface area (Å²) in [6, 6.07) is 2.41. The maximum atomic E-state index is 13.1. The molecule has 0 aliphatic heterocycles. The Kier molecular flexibility index (Phi) is 5.13. The predicted molar refractivity (Wildman–Crippen MR) is 75.5 cm³/mol. The highest BCUT2D eigenvalue weighted by atomic mass is 79.9. The summed E-state index contributed by atoms with van der Waals surface area (Å²) in [5.74, 6) is -0.700. The Hall–Kier alpha value is -0.650. The number of carbonyl (C=O) groups is 1. The van der Waals surface area contributed by atoms with E-state index in [1.165, 1.54) is 6.07 Å². The van der Waals surface area contributed by atoms with Gasteiger partial charge < -0.3 is 10.6 Å². The van der Waals surface area contributed by atoms with Gasteiger partial charge in [-0.2, -0.15) is 0 Å². The largest absolute Gasteiger partial charge is 0.322 e. The van der Waals surface area contributed by atoms with Crippen LogP contribution in [-0.2, 0) is 4.79 Å². The van der Waals surface area contributed by atoms with Crippen LogP contribution in [-0.4, -0.2) is 18.0 Å². The molecule has 0 unspecified atom stereocenters. The summed E-state index contributed by atoms with van der Waals surface area (Å²) in [4.78, 5) is 12.1.